The van der Waals surface area contributed by atoms with Gasteiger partial charge in [0, 0.05) is 37.4 Å². The van der Waals surface area contributed by atoms with Crippen LogP contribution in [0.3, 0.4) is 0 Å². The van der Waals surface area contributed by atoms with Crippen molar-refractivity contribution < 1.29 is 19.2 Å². The summed E-state index contributed by atoms with van der Waals surface area (Å²) in [5, 5.41) is 13.5. The number of nitrogens with one attached hydrogen (secondary N) is 2. The molecule has 0 bridgehead atoms. The lowest BCUT2D eigenvalue weighted by Gasteiger charge is -2.29. The van der Waals surface area contributed by atoms with Crippen LogP contribution in [0.15, 0.2) is 24.4 Å². The molecule has 31 heavy (non-hydrogen) atoms. The van der Waals surface area contributed by atoms with Crippen molar-refractivity contribution in [1.82, 2.24) is 30.5 Å². The molecule has 0 spiro atoms. The summed E-state index contributed by atoms with van der Waals surface area (Å²) in [6.45, 7) is 1.06. The zero-order valence-electron chi connectivity index (χ0n) is 16.8. The maximum absolute atomic E-state index is 13.0. The summed E-state index contributed by atoms with van der Waals surface area (Å²) in [5.74, 6) is -1.00. The van der Waals surface area contributed by atoms with Gasteiger partial charge in [-0.3, -0.25) is 24.5 Å². The van der Waals surface area contributed by atoms with E-state index in [1.165, 1.54) is 4.90 Å². The lowest BCUT2D eigenvalue weighted by molar-refractivity contribution is -0.137. The van der Waals surface area contributed by atoms with Gasteiger partial charge in [-0.1, -0.05) is 11.3 Å². The van der Waals surface area contributed by atoms with Crippen molar-refractivity contribution in [2.24, 2.45) is 5.92 Å². The van der Waals surface area contributed by atoms with Crippen LogP contribution in [0.4, 0.5) is 0 Å². The molecule has 10 nitrogen and oxygen atoms in total. The molecule has 10 heteroatoms. The van der Waals surface area contributed by atoms with Crippen molar-refractivity contribution in [3.8, 4) is 5.69 Å². The van der Waals surface area contributed by atoms with E-state index in [0.29, 0.717) is 30.6 Å². The van der Waals surface area contributed by atoms with Crippen molar-refractivity contribution in [2.45, 2.75) is 44.7 Å². The van der Waals surface area contributed by atoms with Crippen LogP contribution in [0.2, 0.25) is 0 Å². The van der Waals surface area contributed by atoms with Crippen LogP contribution in [0, 0.1) is 5.92 Å². The highest BCUT2D eigenvalue weighted by Crippen LogP contribution is 2.29. The Bertz CT molecular complexity index is 1090. The first-order chi connectivity index (χ1) is 15.0. The molecule has 3 aliphatic heterocycles. The minimum Gasteiger partial charge on any atom is -0.356 e. The first kappa shape index (κ1) is 19.4. The molecular formula is C21H22N6O4. The van der Waals surface area contributed by atoms with Gasteiger partial charge in [0.15, 0.2) is 0 Å². The van der Waals surface area contributed by atoms with Gasteiger partial charge >= 0.3 is 0 Å². The number of imide groups is 1. The van der Waals surface area contributed by atoms with Crippen molar-refractivity contribution >= 4 is 23.6 Å². The summed E-state index contributed by atoms with van der Waals surface area (Å²) in [6, 6.07) is 4.81. The second kappa shape index (κ2) is 7.60. The van der Waals surface area contributed by atoms with Gasteiger partial charge in [-0.2, -0.15) is 0 Å². The molecule has 4 amide bonds. The second-order valence-corrected chi connectivity index (χ2v) is 8.23. The van der Waals surface area contributed by atoms with E-state index >= 15 is 0 Å². The Morgan fingerprint density at radius 1 is 1.10 bits per heavy atom. The predicted molar refractivity (Wildman–Crippen MR) is 107 cm³/mol. The van der Waals surface area contributed by atoms with Crippen molar-refractivity contribution in [1.29, 1.82) is 0 Å². The molecule has 1 aromatic carbocycles. The van der Waals surface area contributed by atoms with Crippen LogP contribution in [-0.4, -0.2) is 56.1 Å². The van der Waals surface area contributed by atoms with Gasteiger partial charge < -0.3 is 10.2 Å². The average Bonchev–Trinajstić information content (AvgIpc) is 3.34. The van der Waals surface area contributed by atoms with Crippen LogP contribution in [-0.2, 0) is 27.3 Å². The minimum absolute atomic E-state index is 0.0532. The van der Waals surface area contributed by atoms with E-state index < -0.39 is 11.9 Å². The Morgan fingerprint density at radius 2 is 1.97 bits per heavy atom. The summed E-state index contributed by atoms with van der Waals surface area (Å²) in [5.41, 5.74) is 2.76. The predicted octanol–water partition coefficient (Wildman–Crippen LogP) is 0.0970. The lowest BCUT2D eigenvalue weighted by atomic mass is 9.94. The van der Waals surface area contributed by atoms with E-state index in [9.17, 15) is 19.2 Å². The van der Waals surface area contributed by atoms with E-state index in [2.05, 4.69) is 20.9 Å². The molecule has 160 valence electrons. The van der Waals surface area contributed by atoms with Gasteiger partial charge in [-0.15, -0.1) is 5.10 Å². The van der Waals surface area contributed by atoms with Crippen molar-refractivity contribution in [3.05, 3.63) is 41.2 Å². The number of carbonyl (C=O) groups is 4. The van der Waals surface area contributed by atoms with E-state index in [-0.39, 0.29) is 30.1 Å². The van der Waals surface area contributed by atoms with Crippen molar-refractivity contribution in [3.63, 3.8) is 0 Å². The number of aromatic nitrogens is 3. The molecule has 2 N–H and O–H groups in total. The molecule has 2 saturated heterocycles. The number of nitrogens with zero attached hydrogens (tertiary/aromatic N) is 4. The van der Waals surface area contributed by atoms with Gasteiger partial charge in [-0.25, -0.2) is 4.68 Å². The summed E-state index contributed by atoms with van der Waals surface area (Å²) >= 11 is 0. The summed E-state index contributed by atoms with van der Waals surface area (Å²) < 4.78 is 1.60. The van der Waals surface area contributed by atoms with Gasteiger partial charge in [-0.05, 0) is 37.0 Å². The Kier molecular flexibility index (Phi) is 4.76. The van der Waals surface area contributed by atoms with E-state index in [4.69, 9.17) is 0 Å². The summed E-state index contributed by atoms with van der Waals surface area (Å²) in [4.78, 5) is 50.1. The molecule has 0 aliphatic carbocycles. The lowest BCUT2D eigenvalue weighted by Crippen LogP contribution is -2.52. The molecule has 1 aromatic heterocycles. The van der Waals surface area contributed by atoms with Crippen LogP contribution in [0.1, 0.15) is 47.3 Å². The monoisotopic (exact) mass is 422 g/mol. The van der Waals surface area contributed by atoms with Gasteiger partial charge in [0.2, 0.25) is 17.7 Å². The maximum Gasteiger partial charge on any atom is 0.255 e. The highest BCUT2D eigenvalue weighted by atomic mass is 16.2. The van der Waals surface area contributed by atoms with Gasteiger partial charge in [0.25, 0.3) is 5.91 Å². The van der Waals surface area contributed by atoms with Crippen molar-refractivity contribution in [2.75, 3.05) is 6.54 Å². The smallest absolute Gasteiger partial charge is 0.255 e. The number of carbonyl (C=O) groups excluding carboxylic acids is 4. The molecule has 2 unspecified atom stereocenters. The van der Waals surface area contributed by atoms with Crippen LogP contribution in [0.5, 0.6) is 0 Å². The number of hydrogen-bond acceptors (Lipinski definition) is 6. The molecule has 0 radical (unpaired) electrons. The number of fused-ring (bicyclic) bond motifs is 1. The van der Waals surface area contributed by atoms with E-state index in [1.54, 1.807) is 16.9 Å². The number of amides is 4. The Labute approximate surface area is 178 Å². The molecule has 2 fully saturated rings. The SMILES string of the molecule is O=C1CCC(N2Cc3ccc(-n4cc(CC5CCCNC5=O)nn4)cc3C2=O)C(=O)N1. The molecule has 3 aliphatic rings. The Hall–Kier alpha value is -3.56. The van der Waals surface area contributed by atoms with Crippen LogP contribution < -0.4 is 10.6 Å². The van der Waals surface area contributed by atoms with E-state index in [1.807, 2.05) is 12.1 Å². The first-order valence-corrected chi connectivity index (χ1v) is 10.5. The quantitative estimate of drug-likeness (QED) is 0.673. The molecule has 2 aromatic rings. The number of piperidine rings is 2. The third kappa shape index (κ3) is 3.58. The molecule has 2 atom stereocenters. The zero-order chi connectivity index (χ0) is 21.5. The molecule has 4 heterocycles. The number of rotatable bonds is 4. The fourth-order valence-corrected chi connectivity index (χ4v) is 4.49. The minimum atomic E-state index is -0.638. The van der Waals surface area contributed by atoms with Crippen LogP contribution >= 0.6 is 0 Å². The third-order valence-electron chi connectivity index (χ3n) is 6.17. The topological polar surface area (TPSA) is 126 Å². The fourth-order valence-electron chi connectivity index (χ4n) is 4.49. The number of benzene rings is 1. The Morgan fingerprint density at radius 3 is 2.77 bits per heavy atom. The summed E-state index contributed by atoms with van der Waals surface area (Å²) in [6.07, 6.45) is 4.66. The second-order valence-electron chi connectivity index (χ2n) is 8.23. The number of hydrogen-bond donors (Lipinski definition) is 2. The maximum atomic E-state index is 13.0. The summed E-state index contributed by atoms with van der Waals surface area (Å²) in [7, 11) is 0. The standard InChI is InChI=1S/C21H22N6O4/c28-18-6-5-17(20(30)23-18)26-10-13-3-4-15(9-16(13)21(26)31)27-11-14(24-25-27)8-12-2-1-7-22-19(12)29/h3-4,9,11-12,17H,1-2,5-8,10H2,(H,22,29)(H,23,28,30). The van der Waals surface area contributed by atoms with Gasteiger partial charge in [0.05, 0.1) is 17.6 Å². The van der Waals surface area contributed by atoms with E-state index in [0.717, 1.165) is 30.6 Å². The Balaban J connectivity index is 1.33. The molecule has 5 rings (SSSR count). The molecular weight excluding hydrogens is 400 g/mol. The fraction of sp³-hybridized carbons (Fsp3) is 0.429. The van der Waals surface area contributed by atoms with Crippen LogP contribution in [0.25, 0.3) is 5.69 Å². The largest absolute Gasteiger partial charge is 0.356 e. The third-order valence-corrected chi connectivity index (χ3v) is 6.17. The average molecular weight is 422 g/mol. The van der Waals surface area contributed by atoms with Gasteiger partial charge in [0.1, 0.15) is 6.04 Å². The highest BCUT2D eigenvalue weighted by Gasteiger charge is 2.39. The first-order valence-electron chi connectivity index (χ1n) is 10.5. The molecule has 0 saturated carbocycles. The normalized spacial score (nSPS) is 23.5. The highest BCUT2D eigenvalue weighted by molar-refractivity contribution is 6.05. The zero-order valence-corrected chi connectivity index (χ0v) is 16.8.